The lowest BCUT2D eigenvalue weighted by Gasteiger charge is -2.26. The van der Waals surface area contributed by atoms with E-state index in [0.717, 1.165) is 24.1 Å². The third-order valence-electron chi connectivity index (χ3n) is 3.94. The van der Waals surface area contributed by atoms with Crippen molar-refractivity contribution in [2.24, 2.45) is 0 Å². The Bertz CT molecular complexity index is 615. The molecule has 3 nitrogen and oxygen atoms in total. The maximum atomic E-state index is 5.65. The molecule has 110 valence electrons. The van der Waals surface area contributed by atoms with Gasteiger partial charge in [-0.1, -0.05) is 37.5 Å². The van der Waals surface area contributed by atoms with Crippen LogP contribution in [0.1, 0.15) is 37.9 Å². The minimum absolute atomic E-state index is 0.261. The van der Waals surface area contributed by atoms with Gasteiger partial charge in [0.15, 0.2) is 0 Å². The molecule has 1 aromatic carbocycles. The first-order valence-corrected chi connectivity index (χ1v) is 7.36. The summed E-state index contributed by atoms with van der Waals surface area (Å²) >= 11 is 0. The highest BCUT2D eigenvalue weighted by atomic mass is 16.3. The number of oxazole rings is 1. The van der Waals surface area contributed by atoms with Gasteiger partial charge in [0.2, 0.25) is 5.89 Å². The van der Waals surface area contributed by atoms with Crippen LogP contribution < -0.4 is 5.32 Å². The van der Waals surface area contributed by atoms with Gasteiger partial charge < -0.3 is 4.42 Å². The molecule has 1 heterocycles. The number of aromatic nitrogens is 1. The molecule has 0 fully saturated rings. The van der Waals surface area contributed by atoms with E-state index in [4.69, 9.17) is 10.8 Å². The number of hydrogen-bond acceptors (Lipinski definition) is 3. The van der Waals surface area contributed by atoms with Gasteiger partial charge in [-0.05, 0) is 31.9 Å². The molecule has 0 saturated carbocycles. The zero-order chi connectivity index (χ0) is 15.3. The van der Waals surface area contributed by atoms with Crippen molar-refractivity contribution < 1.29 is 4.42 Å². The van der Waals surface area contributed by atoms with Gasteiger partial charge in [-0.15, -0.1) is 6.42 Å². The fourth-order valence-corrected chi connectivity index (χ4v) is 2.23. The van der Waals surface area contributed by atoms with Gasteiger partial charge >= 0.3 is 0 Å². The van der Waals surface area contributed by atoms with E-state index in [1.807, 2.05) is 12.1 Å². The van der Waals surface area contributed by atoms with Gasteiger partial charge in [-0.2, -0.15) is 0 Å². The Hall–Kier alpha value is -2.05. The third kappa shape index (κ3) is 3.53. The van der Waals surface area contributed by atoms with Crippen LogP contribution in [-0.4, -0.2) is 10.5 Å². The summed E-state index contributed by atoms with van der Waals surface area (Å²) in [4.78, 5) is 4.52. The summed E-state index contributed by atoms with van der Waals surface area (Å²) in [6.07, 6.45) is 9.12. The lowest BCUT2D eigenvalue weighted by atomic mass is 9.94. The minimum atomic E-state index is -0.261. The van der Waals surface area contributed by atoms with Crippen LogP contribution in [0, 0.1) is 19.3 Å². The smallest absolute Gasteiger partial charge is 0.226 e. The maximum absolute atomic E-state index is 5.65. The molecule has 0 amide bonds. The zero-order valence-electron chi connectivity index (χ0n) is 12.9. The molecule has 2 aromatic rings. The predicted octanol–water partition coefficient (Wildman–Crippen LogP) is 3.93. The molecule has 0 atom stereocenters. The second-order valence-corrected chi connectivity index (χ2v) is 5.30. The second kappa shape index (κ2) is 6.60. The number of terminal acetylenes is 1. The van der Waals surface area contributed by atoms with E-state index in [1.165, 1.54) is 5.56 Å². The molecule has 0 aliphatic rings. The topological polar surface area (TPSA) is 38.1 Å². The third-order valence-corrected chi connectivity index (χ3v) is 3.94. The number of aryl methyl sites for hydroxylation is 1. The fourth-order valence-electron chi connectivity index (χ4n) is 2.23. The van der Waals surface area contributed by atoms with Crippen LogP contribution in [0.2, 0.25) is 0 Å². The van der Waals surface area contributed by atoms with E-state index in [1.54, 1.807) is 6.26 Å². The Kier molecular flexibility index (Phi) is 4.82. The Balaban J connectivity index is 2.07. The van der Waals surface area contributed by atoms with Gasteiger partial charge in [0.1, 0.15) is 6.26 Å². The molecule has 1 N–H and O–H groups in total. The van der Waals surface area contributed by atoms with Crippen LogP contribution in [0.15, 0.2) is 34.9 Å². The Morgan fingerprint density at radius 1 is 1.24 bits per heavy atom. The molecule has 0 unspecified atom stereocenters. The van der Waals surface area contributed by atoms with Gasteiger partial charge in [-0.25, -0.2) is 4.98 Å². The molecule has 0 spiro atoms. The van der Waals surface area contributed by atoms with E-state index < -0.39 is 0 Å². The quantitative estimate of drug-likeness (QED) is 0.816. The van der Waals surface area contributed by atoms with Crippen molar-refractivity contribution in [2.45, 2.75) is 45.7 Å². The van der Waals surface area contributed by atoms with Crippen LogP contribution in [-0.2, 0) is 6.54 Å². The molecular weight excluding hydrogens is 260 g/mol. The Labute approximate surface area is 126 Å². The molecule has 3 heteroatoms. The first kappa shape index (κ1) is 15.3. The molecule has 0 radical (unpaired) electrons. The van der Waals surface area contributed by atoms with E-state index in [2.05, 4.69) is 49.1 Å². The van der Waals surface area contributed by atoms with Gasteiger partial charge in [-0.3, -0.25) is 5.32 Å². The maximum Gasteiger partial charge on any atom is 0.226 e. The van der Waals surface area contributed by atoms with E-state index in [0.29, 0.717) is 12.4 Å². The molecule has 2 rings (SSSR count). The first-order valence-electron chi connectivity index (χ1n) is 7.36. The molecule has 1 aromatic heterocycles. The standard InChI is InChI=1S/C18H22N2O/c1-5-18(6-2,7-3)19-12-16-13-21-17(20-16)15-10-8-14(4)9-11-15/h1,8-11,13,19H,6-7,12H2,2-4H3. The zero-order valence-corrected chi connectivity index (χ0v) is 12.9. The van der Waals surface area contributed by atoms with Crippen molar-refractivity contribution in [3.63, 3.8) is 0 Å². The highest BCUT2D eigenvalue weighted by Gasteiger charge is 2.22. The lowest BCUT2D eigenvalue weighted by Crippen LogP contribution is -2.42. The van der Waals surface area contributed by atoms with Crippen molar-refractivity contribution in [2.75, 3.05) is 0 Å². The average molecular weight is 282 g/mol. The number of rotatable bonds is 6. The summed E-state index contributed by atoms with van der Waals surface area (Å²) in [5.74, 6) is 3.50. The van der Waals surface area contributed by atoms with Gasteiger partial charge in [0.25, 0.3) is 0 Å². The monoisotopic (exact) mass is 282 g/mol. The summed E-state index contributed by atoms with van der Waals surface area (Å²) < 4.78 is 5.55. The number of hydrogen-bond donors (Lipinski definition) is 1. The van der Waals surface area contributed by atoms with Crippen molar-refractivity contribution in [3.05, 3.63) is 41.8 Å². The van der Waals surface area contributed by atoms with Crippen molar-refractivity contribution >= 4 is 0 Å². The lowest BCUT2D eigenvalue weighted by molar-refractivity contribution is 0.387. The number of nitrogens with one attached hydrogen (secondary N) is 1. The molecule has 0 bridgehead atoms. The van der Waals surface area contributed by atoms with Gasteiger partial charge in [0.05, 0.1) is 11.2 Å². The average Bonchev–Trinajstić information content (AvgIpc) is 2.99. The molecular formula is C18H22N2O. The van der Waals surface area contributed by atoms with Crippen LogP contribution in [0.5, 0.6) is 0 Å². The summed E-state index contributed by atoms with van der Waals surface area (Å²) in [6, 6.07) is 8.13. The number of benzene rings is 1. The predicted molar refractivity (Wildman–Crippen MR) is 85.7 cm³/mol. The Morgan fingerprint density at radius 3 is 2.48 bits per heavy atom. The van der Waals surface area contributed by atoms with E-state index in [9.17, 15) is 0 Å². The van der Waals surface area contributed by atoms with Gasteiger partial charge in [0, 0.05) is 12.1 Å². The summed E-state index contributed by atoms with van der Waals surface area (Å²) in [6.45, 7) is 6.86. The molecule has 21 heavy (non-hydrogen) atoms. The summed E-state index contributed by atoms with van der Waals surface area (Å²) in [7, 11) is 0. The van der Waals surface area contributed by atoms with Crippen molar-refractivity contribution in [1.82, 2.24) is 10.3 Å². The minimum Gasteiger partial charge on any atom is -0.444 e. The highest BCUT2D eigenvalue weighted by Crippen LogP contribution is 2.20. The van der Waals surface area contributed by atoms with Crippen LogP contribution >= 0.6 is 0 Å². The normalized spacial score (nSPS) is 11.3. The number of nitrogens with zero attached hydrogens (tertiary/aromatic N) is 1. The Morgan fingerprint density at radius 2 is 1.90 bits per heavy atom. The molecule has 0 aliphatic heterocycles. The highest BCUT2D eigenvalue weighted by molar-refractivity contribution is 5.53. The molecule has 0 aliphatic carbocycles. The van der Waals surface area contributed by atoms with Crippen molar-refractivity contribution in [3.8, 4) is 23.8 Å². The molecule has 0 saturated heterocycles. The summed E-state index contributed by atoms with van der Waals surface area (Å²) in [5.41, 5.74) is 2.81. The van der Waals surface area contributed by atoms with E-state index >= 15 is 0 Å². The second-order valence-electron chi connectivity index (χ2n) is 5.30. The first-order chi connectivity index (χ1) is 10.1. The SMILES string of the molecule is C#CC(CC)(CC)NCc1coc(-c2ccc(C)cc2)n1. The van der Waals surface area contributed by atoms with Crippen LogP contribution in [0.3, 0.4) is 0 Å². The largest absolute Gasteiger partial charge is 0.444 e. The van der Waals surface area contributed by atoms with Crippen molar-refractivity contribution in [1.29, 1.82) is 0 Å². The summed E-state index contributed by atoms with van der Waals surface area (Å²) in [5, 5.41) is 3.41. The van der Waals surface area contributed by atoms with E-state index in [-0.39, 0.29) is 5.54 Å². The van der Waals surface area contributed by atoms with Crippen LogP contribution in [0.25, 0.3) is 11.5 Å². The van der Waals surface area contributed by atoms with Crippen LogP contribution in [0.4, 0.5) is 0 Å². The fraction of sp³-hybridized carbons (Fsp3) is 0.389.